The number of rotatable bonds is 7. The van der Waals surface area contributed by atoms with E-state index in [9.17, 15) is 4.79 Å². The number of hydrogen-bond acceptors (Lipinski definition) is 7. The standard InChI is InChI=1S/C25H31BrO7S/c1-25(2,3)34(8,9)33-17-12-14(10-11-16(17)28-4)19-15-13-18(29-5)22(30-6)23(31-7)21(15)32-24(27)20(19)26/h10-13H,1-9H3. The Kier molecular flexibility index (Phi) is 7.38. The summed E-state index contributed by atoms with van der Waals surface area (Å²) in [5.41, 5.74) is 1.05. The van der Waals surface area contributed by atoms with E-state index < -0.39 is 15.9 Å². The van der Waals surface area contributed by atoms with Crippen LogP contribution in [0.3, 0.4) is 0 Å². The maximum Gasteiger partial charge on any atom is 0.351 e. The fourth-order valence-electron chi connectivity index (χ4n) is 3.30. The van der Waals surface area contributed by atoms with Gasteiger partial charge in [0, 0.05) is 15.7 Å². The third-order valence-electron chi connectivity index (χ3n) is 5.87. The molecule has 0 fully saturated rings. The SMILES string of the molecule is COc1ccc(-c2c(Br)c(=O)oc3c(OC)c(OC)c(OC)cc23)cc1OS(C)(C)C(C)(C)C. The highest BCUT2D eigenvalue weighted by Crippen LogP contribution is 2.55. The first kappa shape index (κ1) is 26.1. The van der Waals surface area contributed by atoms with Gasteiger partial charge in [-0.1, -0.05) is 16.4 Å². The Morgan fingerprint density at radius 1 is 0.853 bits per heavy atom. The quantitative estimate of drug-likeness (QED) is 0.312. The van der Waals surface area contributed by atoms with Gasteiger partial charge in [0.1, 0.15) is 4.47 Å². The van der Waals surface area contributed by atoms with Crippen LogP contribution in [-0.2, 0) is 0 Å². The molecule has 3 aromatic rings. The Labute approximate surface area is 209 Å². The van der Waals surface area contributed by atoms with Crippen molar-refractivity contribution in [2.45, 2.75) is 25.5 Å². The van der Waals surface area contributed by atoms with E-state index in [0.717, 1.165) is 5.56 Å². The second kappa shape index (κ2) is 9.62. The molecular weight excluding hydrogens is 524 g/mol. The van der Waals surface area contributed by atoms with Crippen LogP contribution in [0.1, 0.15) is 20.8 Å². The summed E-state index contributed by atoms with van der Waals surface area (Å²) in [7, 11) is 4.61. The molecule has 186 valence electrons. The topological polar surface area (TPSA) is 76.4 Å². The summed E-state index contributed by atoms with van der Waals surface area (Å²) in [6.45, 7) is 6.45. The second-order valence-corrected chi connectivity index (χ2v) is 13.5. The van der Waals surface area contributed by atoms with Crippen molar-refractivity contribution in [2.75, 3.05) is 41.0 Å². The average Bonchev–Trinajstić information content (AvgIpc) is 2.77. The first-order chi connectivity index (χ1) is 15.9. The first-order valence-corrected chi connectivity index (χ1v) is 13.6. The van der Waals surface area contributed by atoms with Crippen LogP contribution in [0, 0.1) is 0 Å². The number of ether oxygens (including phenoxy) is 4. The van der Waals surface area contributed by atoms with Gasteiger partial charge in [0.05, 0.1) is 28.4 Å². The van der Waals surface area contributed by atoms with Crippen LogP contribution in [0.25, 0.3) is 22.1 Å². The summed E-state index contributed by atoms with van der Waals surface area (Å²) in [6.07, 6.45) is 4.23. The van der Waals surface area contributed by atoms with Gasteiger partial charge in [-0.3, -0.25) is 0 Å². The number of fused-ring (bicyclic) bond motifs is 1. The Balaban J connectivity index is 2.36. The van der Waals surface area contributed by atoms with E-state index in [1.54, 1.807) is 13.2 Å². The molecule has 0 bridgehead atoms. The molecule has 0 unspecified atom stereocenters. The van der Waals surface area contributed by atoms with Gasteiger partial charge in [0.15, 0.2) is 22.8 Å². The number of hydrogen-bond donors (Lipinski definition) is 0. The Morgan fingerprint density at radius 2 is 1.47 bits per heavy atom. The summed E-state index contributed by atoms with van der Waals surface area (Å²) >= 11 is 3.43. The van der Waals surface area contributed by atoms with Gasteiger partial charge in [0.25, 0.3) is 0 Å². The highest BCUT2D eigenvalue weighted by Gasteiger charge is 2.31. The fourth-order valence-corrected chi connectivity index (χ4v) is 4.66. The molecule has 3 rings (SSSR count). The van der Waals surface area contributed by atoms with Gasteiger partial charge >= 0.3 is 5.63 Å². The van der Waals surface area contributed by atoms with Gasteiger partial charge < -0.3 is 27.5 Å². The molecular formula is C25H31BrO7S. The second-order valence-electron chi connectivity index (χ2n) is 8.90. The van der Waals surface area contributed by atoms with Gasteiger partial charge in [-0.2, -0.15) is 0 Å². The number of methoxy groups -OCH3 is 4. The Bertz CT molecular complexity index is 1280. The third-order valence-corrected chi connectivity index (χ3v) is 10.1. The summed E-state index contributed by atoms with van der Waals surface area (Å²) in [4.78, 5) is 12.8. The fraction of sp³-hybridized carbons (Fsp3) is 0.400. The third kappa shape index (κ3) is 4.55. The minimum Gasteiger partial charge on any atom is -0.493 e. The average molecular weight is 555 g/mol. The molecule has 0 spiro atoms. The first-order valence-electron chi connectivity index (χ1n) is 10.5. The Morgan fingerprint density at radius 3 is 2.00 bits per heavy atom. The molecule has 0 radical (unpaired) electrons. The van der Waals surface area contributed by atoms with Crippen molar-refractivity contribution >= 4 is 37.2 Å². The van der Waals surface area contributed by atoms with Crippen molar-refractivity contribution in [3.63, 3.8) is 0 Å². The summed E-state index contributed by atoms with van der Waals surface area (Å²) in [5.74, 6) is 2.25. The normalized spacial score (nSPS) is 12.4. The van der Waals surface area contributed by atoms with Gasteiger partial charge in [-0.05, 0) is 73.0 Å². The molecule has 0 N–H and O–H groups in total. The van der Waals surface area contributed by atoms with Crippen LogP contribution in [0.15, 0.2) is 37.9 Å². The van der Waals surface area contributed by atoms with Crippen LogP contribution in [0.2, 0.25) is 0 Å². The van der Waals surface area contributed by atoms with E-state index >= 15 is 0 Å². The maximum absolute atomic E-state index is 12.8. The minimum atomic E-state index is -1.50. The zero-order chi connectivity index (χ0) is 25.4. The van der Waals surface area contributed by atoms with Crippen molar-refractivity contribution in [3.8, 4) is 39.9 Å². The van der Waals surface area contributed by atoms with Crippen molar-refractivity contribution in [1.82, 2.24) is 0 Å². The minimum absolute atomic E-state index is 0.0631. The molecule has 0 aliphatic heterocycles. The lowest BCUT2D eigenvalue weighted by Crippen LogP contribution is -2.27. The summed E-state index contributed by atoms with van der Waals surface area (Å²) in [6, 6.07) is 7.33. The van der Waals surface area contributed by atoms with E-state index in [4.69, 9.17) is 27.5 Å². The largest absolute Gasteiger partial charge is 0.493 e. The van der Waals surface area contributed by atoms with Gasteiger partial charge in [0.2, 0.25) is 11.5 Å². The van der Waals surface area contributed by atoms with Crippen LogP contribution < -0.4 is 28.8 Å². The lowest BCUT2D eigenvalue weighted by molar-refractivity contribution is 0.323. The molecule has 1 aromatic heterocycles. The number of benzene rings is 2. The molecule has 34 heavy (non-hydrogen) atoms. The highest BCUT2D eigenvalue weighted by molar-refractivity contribution is 9.10. The highest BCUT2D eigenvalue weighted by atomic mass is 79.9. The van der Waals surface area contributed by atoms with E-state index in [2.05, 4.69) is 49.2 Å². The molecule has 0 aliphatic carbocycles. The number of halogens is 1. The zero-order valence-electron chi connectivity index (χ0n) is 21.0. The van der Waals surface area contributed by atoms with E-state index in [0.29, 0.717) is 33.9 Å². The van der Waals surface area contributed by atoms with Crippen molar-refractivity contribution in [3.05, 3.63) is 39.2 Å². The van der Waals surface area contributed by atoms with Crippen LogP contribution in [0.4, 0.5) is 0 Å². The molecule has 0 amide bonds. The smallest absolute Gasteiger partial charge is 0.351 e. The summed E-state index contributed by atoms with van der Waals surface area (Å²) in [5, 5.41) is 0.611. The Hall–Kier alpha value is -2.52. The monoisotopic (exact) mass is 554 g/mol. The van der Waals surface area contributed by atoms with Crippen molar-refractivity contribution in [2.24, 2.45) is 0 Å². The predicted molar refractivity (Wildman–Crippen MR) is 142 cm³/mol. The molecule has 2 aromatic carbocycles. The molecule has 0 saturated heterocycles. The van der Waals surface area contributed by atoms with Gasteiger partial charge in [-0.15, -0.1) is 0 Å². The van der Waals surface area contributed by atoms with Gasteiger partial charge in [-0.25, -0.2) is 4.79 Å². The van der Waals surface area contributed by atoms with Crippen molar-refractivity contribution < 1.29 is 27.5 Å². The van der Waals surface area contributed by atoms with Crippen molar-refractivity contribution in [1.29, 1.82) is 0 Å². The molecule has 0 aliphatic rings. The predicted octanol–water partition coefficient (Wildman–Crippen LogP) is 6.41. The van der Waals surface area contributed by atoms with E-state index in [1.165, 1.54) is 21.3 Å². The molecule has 9 heteroatoms. The van der Waals surface area contributed by atoms with E-state index in [1.807, 2.05) is 18.2 Å². The molecule has 7 nitrogen and oxygen atoms in total. The molecule has 0 atom stereocenters. The lowest BCUT2D eigenvalue weighted by Gasteiger charge is -2.44. The zero-order valence-corrected chi connectivity index (χ0v) is 23.4. The lowest BCUT2D eigenvalue weighted by atomic mass is 10.0. The van der Waals surface area contributed by atoms with Crippen LogP contribution in [0.5, 0.6) is 28.7 Å². The molecule has 0 saturated carbocycles. The van der Waals surface area contributed by atoms with Crippen LogP contribution in [-0.4, -0.2) is 45.7 Å². The van der Waals surface area contributed by atoms with E-state index in [-0.39, 0.29) is 20.6 Å². The van der Waals surface area contributed by atoms with Crippen LogP contribution >= 0.6 is 26.2 Å². The maximum atomic E-state index is 12.8. The molecule has 1 heterocycles. The summed E-state index contributed by atoms with van der Waals surface area (Å²) < 4.78 is 34.5.